The van der Waals surface area contributed by atoms with Crippen molar-refractivity contribution in [1.29, 1.82) is 0 Å². The maximum Gasteiger partial charge on any atom is 0.237 e. The predicted octanol–water partition coefficient (Wildman–Crippen LogP) is 3.72. The molecule has 2 N–H and O–H groups in total. The second kappa shape index (κ2) is 10.6. The normalized spacial score (nSPS) is 23.4. The van der Waals surface area contributed by atoms with Gasteiger partial charge in [0, 0.05) is 48.9 Å². The highest BCUT2D eigenvalue weighted by atomic mass is 16.3. The summed E-state index contributed by atoms with van der Waals surface area (Å²) in [6.45, 7) is 5.64. The molecule has 3 aromatic heterocycles. The molecule has 0 saturated carbocycles. The second-order valence-corrected chi connectivity index (χ2v) is 11.9. The molecule has 3 fully saturated rings. The minimum atomic E-state index is -0.656. The van der Waals surface area contributed by atoms with Crippen LogP contribution in [0.15, 0.2) is 24.4 Å². The number of fused-ring (bicyclic) bond motifs is 4. The van der Waals surface area contributed by atoms with E-state index in [1.807, 2.05) is 23.2 Å². The van der Waals surface area contributed by atoms with E-state index in [0.29, 0.717) is 49.2 Å². The van der Waals surface area contributed by atoms with Crippen molar-refractivity contribution in [2.45, 2.75) is 83.0 Å². The Morgan fingerprint density at radius 2 is 1.82 bits per heavy atom. The number of amides is 1. The van der Waals surface area contributed by atoms with Crippen LogP contribution >= 0.6 is 0 Å². The van der Waals surface area contributed by atoms with Gasteiger partial charge in [-0.1, -0.05) is 12.5 Å². The van der Waals surface area contributed by atoms with Gasteiger partial charge in [0.25, 0.3) is 0 Å². The standard InChI is InChI=1S/C30H38N8O2/c1-19(39)25-15-21-16-31-30(35-28(21)29(33-25)38-22-6-7-23(38)9-8-22)34-26-10-5-20-17-37(14-11-24(20)32-26)27(40)18-36-12-3-2-4-13-36/h5,10,15-16,19,22-23,39H,2-4,6-9,11-14,17-18H2,1H3,(H,31,32,34,35). The topological polar surface area (TPSA) is 111 Å². The Morgan fingerprint density at radius 1 is 1.05 bits per heavy atom. The lowest BCUT2D eigenvalue weighted by atomic mass is 10.0. The number of nitrogens with one attached hydrogen (secondary N) is 1. The average molecular weight is 543 g/mol. The number of rotatable bonds is 6. The van der Waals surface area contributed by atoms with Crippen LogP contribution in [-0.4, -0.2) is 79.0 Å². The monoisotopic (exact) mass is 542 g/mol. The Bertz CT molecular complexity index is 1400. The largest absolute Gasteiger partial charge is 0.387 e. The molecule has 0 spiro atoms. The summed E-state index contributed by atoms with van der Waals surface area (Å²) >= 11 is 0. The summed E-state index contributed by atoms with van der Waals surface area (Å²) in [7, 11) is 0. The van der Waals surface area contributed by atoms with Gasteiger partial charge in [-0.05, 0) is 76.2 Å². The molecule has 0 aromatic carbocycles. The lowest BCUT2D eigenvalue weighted by Crippen LogP contribution is -2.44. The van der Waals surface area contributed by atoms with Crippen molar-refractivity contribution in [3.8, 4) is 0 Å². The minimum absolute atomic E-state index is 0.217. The number of likely N-dealkylation sites (tertiary alicyclic amines) is 1. The molecule has 1 unspecified atom stereocenters. The first kappa shape index (κ1) is 25.6. The van der Waals surface area contributed by atoms with Gasteiger partial charge in [-0.25, -0.2) is 19.9 Å². The molecular formula is C30H38N8O2. The van der Waals surface area contributed by atoms with Crippen LogP contribution in [0.25, 0.3) is 10.9 Å². The van der Waals surface area contributed by atoms with E-state index in [4.69, 9.17) is 15.0 Å². The first-order chi connectivity index (χ1) is 19.5. The summed E-state index contributed by atoms with van der Waals surface area (Å²) in [5.41, 5.74) is 3.58. The zero-order chi connectivity index (χ0) is 27.2. The molecule has 10 nitrogen and oxygen atoms in total. The molecule has 0 radical (unpaired) electrons. The Hall–Kier alpha value is -3.37. The molecule has 0 aliphatic carbocycles. The Morgan fingerprint density at radius 3 is 2.58 bits per heavy atom. The van der Waals surface area contributed by atoms with E-state index >= 15 is 0 Å². The first-order valence-electron chi connectivity index (χ1n) is 14.9. The van der Waals surface area contributed by atoms with E-state index in [1.54, 1.807) is 6.92 Å². The fourth-order valence-electron chi connectivity index (χ4n) is 6.98. The molecule has 2 bridgehead atoms. The fraction of sp³-hybridized carbons (Fsp3) is 0.567. The van der Waals surface area contributed by atoms with Crippen LogP contribution < -0.4 is 10.2 Å². The van der Waals surface area contributed by atoms with Crippen LogP contribution in [0.4, 0.5) is 17.6 Å². The Labute approximate surface area is 234 Å². The van der Waals surface area contributed by atoms with Gasteiger partial charge in [-0.15, -0.1) is 0 Å². The molecule has 3 aromatic rings. The van der Waals surface area contributed by atoms with Gasteiger partial charge in [-0.3, -0.25) is 9.69 Å². The Kier molecular flexibility index (Phi) is 6.75. The zero-order valence-electron chi connectivity index (χ0n) is 23.2. The zero-order valence-corrected chi connectivity index (χ0v) is 23.2. The molecular weight excluding hydrogens is 504 g/mol. The number of hydrogen-bond donors (Lipinski definition) is 2. The van der Waals surface area contributed by atoms with Crippen LogP contribution in [0.2, 0.25) is 0 Å². The summed E-state index contributed by atoms with van der Waals surface area (Å²) in [6.07, 6.45) is 10.3. The summed E-state index contributed by atoms with van der Waals surface area (Å²) in [5.74, 6) is 2.25. The molecule has 7 heterocycles. The van der Waals surface area contributed by atoms with Gasteiger partial charge >= 0.3 is 0 Å². The number of carbonyl (C=O) groups is 1. The van der Waals surface area contributed by atoms with Crippen molar-refractivity contribution in [3.05, 3.63) is 41.3 Å². The number of pyridine rings is 2. The third-order valence-electron chi connectivity index (χ3n) is 9.14. The predicted molar refractivity (Wildman–Crippen MR) is 153 cm³/mol. The van der Waals surface area contributed by atoms with Crippen LogP contribution in [0.3, 0.4) is 0 Å². The summed E-state index contributed by atoms with van der Waals surface area (Å²) < 4.78 is 0. The number of anilines is 3. The van der Waals surface area contributed by atoms with Gasteiger partial charge < -0.3 is 20.2 Å². The SMILES string of the molecule is CC(O)c1cc2cnc(Nc3ccc4c(n3)CCN(C(=O)CN3CCCCC3)C4)nc2c(N2C3CCC2CC3)n1. The third-order valence-corrected chi connectivity index (χ3v) is 9.14. The number of aromatic nitrogens is 4. The molecule has 4 aliphatic rings. The summed E-state index contributed by atoms with van der Waals surface area (Å²) in [5, 5.41) is 14.5. The molecule has 10 heteroatoms. The molecule has 40 heavy (non-hydrogen) atoms. The lowest BCUT2D eigenvalue weighted by molar-refractivity contribution is -0.133. The smallest absolute Gasteiger partial charge is 0.237 e. The van der Waals surface area contributed by atoms with E-state index in [-0.39, 0.29) is 5.91 Å². The Balaban J connectivity index is 1.10. The van der Waals surface area contributed by atoms with Crippen molar-refractivity contribution in [2.24, 2.45) is 0 Å². The third kappa shape index (κ3) is 4.88. The van der Waals surface area contributed by atoms with E-state index < -0.39 is 6.10 Å². The van der Waals surface area contributed by atoms with E-state index in [2.05, 4.69) is 26.2 Å². The quantitative estimate of drug-likeness (QED) is 0.481. The van der Waals surface area contributed by atoms with Gasteiger partial charge in [0.2, 0.25) is 11.9 Å². The minimum Gasteiger partial charge on any atom is -0.387 e. The molecule has 3 saturated heterocycles. The lowest BCUT2D eigenvalue weighted by Gasteiger charge is -2.32. The fourth-order valence-corrected chi connectivity index (χ4v) is 6.98. The molecule has 1 atom stereocenters. The van der Waals surface area contributed by atoms with Crippen LogP contribution in [0.5, 0.6) is 0 Å². The summed E-state index contributed by atoms with van der Waals surface area (Å²) in [6, 6.07) is 6.88. The number of hydrogen-bond acceptors (Lipinski definition) is 9. The maximum absolute atomic E-state index is 12.9. The highest BCUT2D eigenvalue weighted by Gasteiger charge is 2.41. The van der Waals surface area contributed by atoms with E-state index in [1.165, 1.54) is 44.9 Å². The molecule has 1 amide bonds. The van der Waals surface area contributed by atoms with Crippen LogP contribution in [0, 0.1) is 0 Å². The van der Waals surface area contributed by atoms with Gasteiger partial charge in [-0.2, -0.15) is 0 Å². The number of aliphatic hydroxyl groups is 1. The first-order valence-corrected chi connectivity index (χ1v) is 14.9. The highest BCUT2D eigenvalue weighted by Crippen LogP contribution is 2.42. The van der Waals surface area contributed by atoms with Crippen molar-refractivity contribution in [3.63, 3.8) is 0 Å². The van der Waals surface area contributed by atoms with Crippen molar-refractivity contribution in [2.75, 3.05) is 36.4 Å². The second-order valence-electron chi connectivity index (χ2n) is 11.9. The maximum atomic E-state index is 12.9. The van der Waals surface area contributed by atoms with Crippen molar-refractivity contribution >= 4 is 34.4 Å². The van der Waals surface area contributed by atoms with Gasteiger partial charge in [0.05, 0.1) is 18.3 Å². The van der Waals surface area contributed by atoms with Gasteiger partial charge in [0.15, 0.2) is 5.82 Å². The molecule has 4 aliphatic heterocycles. The van der Waals surface area contributed by atoms with Gasteiger partial charge in [0.1, 0.15) is 11.3 Å². The van der Waals surface area contributed by atoms with E-state index in [9.17, 15) is 9.90 Å². The number of carbonyl (C=O) groups excluding carboxylic acids is 1. The highest BCUT2D eigenvalue weighted by molar-refractivity contribution is 5.90. The average Bonchev–Trinajstić information content (AvgIpc) is 3.57. The number of piperidine rings is 1. The molecule has 210 valence electrons. The van der Waals surface area contributed by atoms with E-state index in [0.717, 1.165) is 47.5 Å². The molecule has 7 rings (SSSR count). The summed E-state index contributed by atoms with van der Waals surface area (Å²) in [4.78, 5) is 38.9. The number of nitrogens with zero attached hydrogens (tertiary/aromatic N) is 7. The van der Waals surface area contributed by atoms with Crippen LogP contribution in [0.1, 0.15) is 74.9 Å². The van der Waals surface area contributed by atoms with Crippen molar-refractivity contribution in [1.82, 2.24) is 29.7 Å². The number of aliphatic hydroxyl groups excluding tert-OH is 1. The van der Waals surface area contributed by atoms with Crippen molar-refractivity contribution < 1.29 is 9.90 Å². The van der Waals surface area contributed by atoms with Crippen LogP contribution in [-0.2, 0) is 17.8 Å².